The average Bonchev–Trinajstić information content (AvgIpc) is 3.26. The molecule has 1 saturated carbocycles. The van der Waals surface area contributed by atoms with E-state index in [9.17, 15) is 0 Å². The Kier molecular flexibility index (Phi) is 8.13. The number of nitrogens with one attached hydrogen (secondary N) is 1. The topological polar surface area (TPSA) is 62.9 Å². The van der Waals surface area contributed by atoms with Crippen molar-refractivity contribution < 1.29 is 4.74 Å². The van der Waals surface area contributed by atoms with Crippen LogP contribution >= 0.6 is 24.0 Å². The summed E-state index contributed by atoms with van der Waals surface area (Å²) in [5, 5.41) is 3.18. The number of para-hydroxylation sites is 1. The van der Waals surface area contributed by atoms with Crippen LogP contribution in [0.15, 0.2) is 29.3 Å². The molecule has 0 aliphatic heterocycles. The largest absolute Gasteiger partial charge is 0.380 e. The molecule has 1 aromatic carbocycles. The molecule has 22 heavy (non-hydrogen) atoms. The lowest BCUT2D eigenvalue weighted by atomic mass is 10.2. The van der Waals surface area contributed by atoms with Crippen LogP contribution < -0.4 is 11.1 Å². The van der Waals surface area contributed by atoms with Crippen molar-refractivity contribution in [2.24, 2.45) is 16.6 Å². The molecule has 0 spiro atoms. The third-order valence-electron chi connectivity index (χ3n) is 3.86. The Morgan fingerprint density at radius 1 is 1.41 bits per heavy atom. The number of anilines is 1. The summed E-state index contributed by atoms with van der Waals surface area (Å²) in [4.78, 5) is 6.75. The van der Waals surface area contributed by atoms with Crippen LogP contribution in [0.25, 0.3) is 0 Å². The Balaban J connectivity index is 0.00000242. The second kappa shape index (κ2) is 9.32. The SMILES string of the molecule is COCc1ccccc1NC(N)=NCC(C1CC1)N(C)C.I. The van der Waals surface area contributed by atoms with E-state index >= 15 is 0 Å². The molecule has 0 saturated heterocycles. The smallest absolute Gasteiger partial charge is 0.193 e. The predicted molar refractivity (Wildman–Crippen MR) is 103 cm³/mol. The van der Waals surface area contributed by atoms with Gasteiger partial charge in [-0.1, -0.05) is 18.2 Å². The predicted octanol–water partition coefficient (Wildman–Crippen LogP) is 2.52. The summed E-state index contributed by atoms with van der Waals surface area (Å²) in [5.74, 6) is 1.24. The summed E-state index contributed by atoms with van der Waals surface area (Å²) >= 11 is 0. The number of ether oxygens (including phenoxy) is 1. The van der Waals surface area contributed by atoms with Gasteiger partial charge >= 0.3 is 0 Å². The zero-order valence-electron chi connectivity index (χ0n) is 13.6. The number of rotatable bonds is 7. The summed E-state index contributed by atoms with van der Waals surface area (Å²) in [6, 6.07) is 8.45. The van der Waals surface area contributed by atoms with E-state index in [4.69, 9.17) is 10.5 Å². The fourth-order valence-electron chi connectivity index (χ4n) is 2.51. The number of aliphatic imine (C=N–C) groups is 1. The number of nitrogens with two attached hydrogens (primary N) is 1. The van der Waals surface area contributed by atoms with Crippen LogP contribution in [0.2, 0.25) is 0 Å². The highest BCUT2D eigenvalue weighted by molar-refractivity contribution is 14.0. The fraction of sp³-hybridized carbons (Fsp3) is 0.562. The molecule has 0 bridgehead atoms. The number of benzene rings is 1. The van der Waals surface area contributed by atoms with Gasteiger partial charge in [-0.3, -0.25) is 4.99 Å². The highest BCUT2D eigenvalue weighted by atomic mass is 127. The lowest BCUT2D eigenvalue weighted by molar-refractivity contribution is 0.185. The minimum atomic E-state index is 0. The van der Waals surface area contributed by atoms with Gasteiger partial charge in [0.05, 0.1) is 13.2 Å². The van der Waals surface area contributed by atoms with Gasteiger partial charge in [-0.05, 0) is 38.9 Å². The summed E-state index contributed by atoms with van der Waals surface area (Å²) < 4.78 is 5.19. The standard InChI is InChI=1S/C16H26N4O.HI/c1-20(2)15(12-8-9-12)10-18-16(17)19-14-7-5-4-6-13(14)11-21-3;/h4-7,12,15H,8-11H2,1-3H3,(H3,17,18,19);1H. The van der Waals surface area contributed by atoms with E-state index in [0.29, 0.717) is 18.6 Å². The number of nitrogens with zero attached hydrogens (tertiary/aromatic N) is 2. The summed E-state index contributed by atoms with van der Waals surface area (Å²) in [6.45, 7) is 1.29. The quantitative estimate of drug-likeness (QED) is 0.406. The molecule has 124 valence electrons. The summed E-state index contributed by atoms with van der Waals surface area (Å²) in [6.07, 6.45) is 2.62. The van der Waals surface area contributed by atoms with E-state index in [0.717, 1.165) is 23.7 Å². The van der Waals surface area contributed by atoms with Crippen LogP contribution in [0.1, 0.15) is 18.4 Å². The minimum absolute atomic E-state index is 0. The average molecular weight is 418 g/mol. The van der Waals surface area contributed by atoms with Crippen molar-refractivity contribution in [3.8, 4) is 0 Å². The van der Waals surface area contributed by atoms with E-state index in [2.05, 4.69) is 29.3 Å². The van der Waals surface area contributed by atoms with Crippen molar-refractivity contribution in [2.45, 2.75) is 25.5 Å². The fourth-order valence-corrected chi connectivity index (χ4v) is 2.51. The van der Waals surface area contributed by atoms with Gasteiger partial charge in [0.1, 0.15) is 0 Å². The van der Waals surface area contributed by atoms with E-state index < -0.39 is 0 Å². The number of guanidine groups is 1. The van der Waals surface area contributed by atoms with Gasteiger partial charge in [-0.15, -0.1) is 24.0 Å². The molecule has 3 N–H and O–H groups in total. The van der Waals surface area contributed by atoms with Crippen molar-refractivity contribution >= 4 is 35.6 Å². The maximum atomic E-state index is 6.02. The maximum absolute atomic E-state index is 6.02. The Bertz CT molecular complexity index is 487. The minimum Gasteiger partial charge on any atom is -0.380 e. The zero-order valence-corrected chi connectivity index (χ0v) is 15.9. The Morgan fingerprint density at radius 2 is 2.09 bits per heavy atom. The molecule has 0 amide bonds. The van der Waals surface area contributed by atoms with Crippen molar-refractivity contribution in [1.82, 2.24) is 4.90 Å². The number of halogens is 1. The Morgan fingerprint density at radius 3 is 2.68 bits per heavy atom. The van der Waals surface area contributed by atoms with Crippen molar-refractivity contribution in [3.63, 3.8) is 0 Å². The van der Waals surface area contributed by atoms with Gasteiger partial charge in [-0.2, -0.15) is 0 Å². The van der Waals surface area contributed by atoms with E-state index in [1.807, 2.05) is 24.3 Å². The van der Waals surface area contributed by atoms with Gasteiger partial charge < -0.3 is 20.7 Å². The first kappa shape index (κ1) is 19.2. The molecule has 1 atom stereocenters. The number of methoxy groups -OCH3 is 1. The van der Waals surface area contributed by atoms with Gasteiger partial charge in [0.15, 0.2) is 5.96 Å². The molecule has 1 fully saturated rings. The van der Waals surface area contributed by atoms with Crippen molar-refractivity contribution in [3.05, 3.63) is 29.8 Å². The third kappa shape index (κ3) is 5.73. The van der Waals surface area contributed by atoms with Crippen LogP contribution in [0.5, 0.6) is 0 Å². The number of hydrogen-bond donors (Lipinski definition) is 2. The first-order valence-corrected chi connectivity index (χ1v) is 7.42. The number of likely N-dealkylation sites (N-methyl/N-ethyl adjacent to an activating group) is 1. The molecular weight excluding hydrogens is 391 g/mol. The first-order chi connectivity index (χ1) is 10.1. The Labute approximate surface area is 150 Å². The van der Waals surface area contributed by atoms with Gasteiger partial charge in [0, 0.05) is 24.4 Å². The molecule has 5 nitrogen and oxygen atoms in total. The highest BCUT2D eigenvalue weighted by Gasteiger charge is 2.32. The molecule has 1 unspecified atom stereocenters. The van der Waals surface area contributed by atoms with E-state index in [1.54, 1.807) is 7.11 Å². The monoisotopic (exact) mass is 418 g/mol. The highest BCUT2D eigenvalue weighted by Crippen LogP contribution is 2.34. The first-order valence-electron chi connectivity index (χ1n) is 7.42. The second-order valence-corrected chi connectivity index (χ2v) is 5.81. The molecule has 6 heteroatoms. The summed E-state index contributed by atoms with van der Waals surface area (Å²) in [7, 11) is 5.90. The van der Waals surface area contributed by atoms with Crippen LogP contribution in [0.4, 0.5) is 5.69 Å². The molecular formula is C16H27IN4O. The van der Waals surface area contributed by atoms with Gasteiger partial charge in [0.25, 0.3) is 0 Å². The van der Waals surface area contributed by atoms with Crippen molar-refractivity contribution in [2.75, 3.05) is 33.1 Å². The third-order valence-corrected chi connectivity index (χ3v) is 3.86. The molecule has 0 radical (unpaired) electrons. The van der Waals surface area contributed by atoms with Crippen molar-refractivity contribution in [1.29, 1.82) is 0 Å². The Hall–Kier alpha value is -0.860. The van der Waals surface area contributed by atoms with Crippen LogP contribution in [-0.2, 0) is 11.3 Å². The molecule has 0 heterocycles. The molecule has 1 aliphatic rings. The summed E-state index contributed by atoms with van der Waals surface area (Å²) in [5.41, 5.74) is 8.05. The normalized spacial score (nSPS) is 16.3. The number of hydrogen-bond acceptors (Lipinski definition) is 3. The molecule has 2 rings (SSSR count). The molecule has 1 aliphatic carbocycles. The van der Waals surface area contributed by atoms with Gasteiger partial charge in [-0.25, -0.2) is 0 Å². The van der Waals surface area contributed by atoms with Crippen LogP contribution in [-0.4, -0.2) is 44.7 Å². The molecule has 1 aromatic rings. The maximum Gasteiger partial charge on any atom is 0.193 e. The molecule has 0 aromatic heterocycles. The van der Waals surface area contributed by atoms with Gasteiger partial charge in [0.2, 0.25) is 0 Å². The zero-order chi connectivity index (χ0) is 15.2. The van der Waals surface area contributed by atoms with E-state index in [1.165, 1.54) is 12.8 Å². The van der Waals surface area contributed by atoms with Crippen LogP contribution in [0.3, 0.4) is 0 Å². The lowest BCUT2D eigenvalue weighted by Crippen LogP contribution is -2.34. The van der Waals surface area contributed by atoms with E-state index in [-0.39, 0.29) is 24.0 Å². The van der Waals surface area contributed by atoms with Crippen LogP contribution in [0, 0.1) is 5.92 Å². The lowest BCUT2D eigenvalue weighted by Gasteiger charge is -2.22. The second-order valence-electron chi connectivity index (χ2n) is 5.81.